The number of nitrogens with one attached hydrogen (secondary N) is 1. The lowest BCUT2D eigenvalue weighted by atomic mass is 9.94. The lowest BCUT2D eigenvalue weighted by Crippen LogP contribution is -2.64. The number of carbonyl (C=O) groups excluding carboxylic acids is 3. The van der Waals surface area contributed by atoms with Gasteiger partial charge < -0.3 is 19.7 Å². The number of amides is 2. The maximum Gasteiger partial charge on any atom is 0.358 e. The number of hydrogen-bond donors (Lipinski definition) is 1. The zero-order chi connectivity index (χ0) is 26.6. The second kappa shape index (κ2) is 11.0. The van der Waals surface area contributed by atoms with E-state index in [2.05, 4.69) is 10.4 Å². The Labute approximate surface area is 220 Å². The van der Waals surface area contributed by atoms with Gasteiger partial charge in [0.15, 0.2) is 5.69 Å². The monoisotopic (exact) mass is 524 g/mol. The summed E-state index contributed by atoms with van der Waals surface area (Å²) < 4.78 is 11.9. The molecule has 194 valence electrons. The smallest absolute Gasteiger partial charge is 0.358 e. The third-order valence-electron chi connectivity index (χ3n) is 6.44. The van der Waals surface area contributed by atoms with Crippen LogP contribution in [0.15, 0.2) is 54.6 Å². The predicted octanol–water partition coefficient (Wildman–Crippen LogP) is 3.50. The Morgan fingerprint density at radius 2 is 1.89 bits per heavy atom. The topological polar surface area (TPSA) is 103 Å². The number of rotatable bonds is 9. The molecule has 9 nitrogen and oxygen atoms in total. The van der Waals surface area contributed by atoms with Gasteiger partial charge in [0.2, 0.25) is 5.91 Å². The van der Waals surface area contributed by atoms with Crippen LogP contribution >= 0.6 is 11.6 Å². The highest BCUT2D eigenvalue weighted by atomic mass is 35.5. The van der Waals surface area contributed by atoms with Gasteiger partial charge in [0.05, 0.1) is 20.3 Å². The largest absolute Gasteiger partial charge is 0.496 e. The van der Waals surface area contributed by atoms with E-state index in [1.54, 1.807) is 38.0 Å². The zero-order valence-electron chi connectivity index (χ0n) is 21.0. The quantitative estimate of drug-likeness (QED) is 0.430. The van der Waals surface area contributed by atoms with Crippen molar-refractivity contribution in [1.82, 2.24) is 20.0 Å². The summed E-state index contributed by atoms with van der Waals surface area (Å²) in [5.41, 5.74) is 0.772. The molecule has 10 heteroatoms. The molecule has 2 aromatic carbocycles. The van der Waals surface area contributed by atoms with Crippen molar-refractivity contribution in [2.24, 2.45) is 0 Å². The Bertz CT molecular complexity index is 1310. The van der Waals surface area contributed by atoms with E-state index in [1.807, 2.05) is 36.4 Å². The van der Waals surface area contributed by atoms with E-state index in [0.717, 1.165) is 11.1 Å². The molecule has 1 aromatic heterocycles. The molecule has 0 aliphatic carbocycles. The number of methoxy groups -OCH3 is 1. The number of halogens is 1. The minimum Gasteiger partial charge on any atom is -0.496 e. The van der Waals surface area contributed by atoms with Crippen molar-refractivity contribution in [2.45, 2.75) is 38.9 Å². The van der Waals surface area contributed by atoms with Crippen molar-refractivity contribution in [3.8, 4) is 5.75 Å². The Kier molecular flexibility index (Phi) is 7.83. The molecule has 0 unspecified atom stereocenters. The van der Waals surface area contributed by atoms with Crippen molar-refractivity contribution in [3.63, 3.8) is 0 Å². The molecule has 0 radical (unpaired) electrons. The summed E-state index contributed by atoms with van der Waals surface area (Å²) in [5.74, 6) is -0.701. The normalized spacial score (nSPS) is 16.8. The average molecular weight is 525 g/mol. The van der Waals surface area contributed by atoms with E-state index in [1.165, 1.54) is 10.7 Å². The van der Waals surface area contributed by atoms with Gasteiger partial charge in [0.1, 0.15) is 17.0 Å². The summed E-state index contributed by atoms with van der Waals surface area (Å²) in [4.78, 5) is 41.2. The fraction of sp³-hybridized carbons (Fsp3) is 0.333. The molecule has 4 rings (SSSR count). The van der Waals surface area contributed by atoms with Crippen molar-refractivity contribution in [2.75, 3.05) is 20.3 Å². The maximum absolute atomic E-state index is 13.7. The molecule has 2 amide bonds. The minimum absolute atomic E-state index is 0.0292. The van der Waals surface area contributed by atoms with E-state index in [4.69, 9.17) is 21.1 Å². The molecule has 2 heterocycles. The standard InChI is InChI=1S/C27H29ClN4O5/c1-4-37-25(34)21-15-22-24(33)31(14-13-18-9-11-20(28)12-10-18)27(2,17-32(22)30-21)26(35)29-16-19-7-5-6-8-23(19)36-3/h5-12,15H,4,13-14,16-17H2,1-3H3,(H,29,35)/t27-/m0/s1. The lowest BCUT2D eigenvalue weighted by molar-refractivity contribution is -0.133. The van der Waals surface area contributed by atoms with Gasteiger partial charge >= 0.3 is 5.97 Å². The van der Waals surface area contributed by atoms with E-state index < -0.39 is 17.4 Å². The molecule has 0 saturated carbocycles. The summed E-state index contributed by atoms with van der Waals surface area (Å²) in [6.45, 7) is 4.16. The van der Waals surface area contributed by atoms with Gasteiger partial charge in [0, 0.05) is 29.7 Å². The van der Waals surface area contributed by atoms with Crippen LogP contribution < -0.4 is 10.1 Å². The van der Waals surface area contributed by atoms with E-state index in [-0.39, 0.29) is 43.5 Å². The van der Waals surface area contributed by atoms with Crippen molar-refractivity contribution < 1.29 is 23.9 Å². The summed E-state index contributed by atoms with van der Waals surface area (Å²) >= 11 is 6.01. The van der Waals surface area contributed by atoms with Crippen LogP contribution in [0.25, 0.3) is 0 Å². The second-order valence-corrected chi connectivity index (χ2v) is 9.33. The van der Waals surface area contributed by atoms with Gasteiger partial charge in [-0.15, -0.1) is 0 Å². The number of fused-ring (bicyclic) bond motifs is 1. The lowest BCUT2D eigenvalue weighted by Gasteiger charge is -2.43. The van der Waals surface area contributed by atoms with Crippen molar-refractivity contribution >= 4 is 29.4 Å². The molecular formula is C27H29ClN4O5. The Hall–Kier alpha value is -3.85. The fourth-order valence-corrected chi connectivity index (χ4v) is 4.53. The number of benzene rings is 2. The Morgan fingerprint density at radius 3 is 2.59 bits per heavy atom. The fourth-order valence-electron chi connectivity index (χ4n) is 4.40. The predicted molar refractivity (Wildman–Crippen MR) is 138 cm³/mol. The molecule has 0 bridgehead atoms. The summed E-state index contributed by atoms with van der Waals surface area (Å²) in [6.07, 6.45) is 0.511. The maximum atomic E-state index is 13.7. The number of ether oxygens (including phenoxy) is 2. The highest BCUT2D eigenvalue weighted by molar-refractivity contribution is 6.30. The van der Waals surface area contributed by atoms with E-state index in [9.17, 15) is 14.4 Å². The number of hydrogen-bond acceptors (Lipinski definition) is 6. The minimum atomic E-state index is -1.27. The average Bonchev–Trinajstić information content (AvgIpc) is 3.32. The molecule has 1 N–H and O–H groups in total. The third kappa shape index (κ3) is 5.46. The molecule has 1 aliphatic heterocycles. The van der Waals surface area contributed by atoms with Crippen LogP contribution in [-0.4, -0.2) is 58.3 Å². The molecule has 1 atom stereocenters. The first-order valence-corrected chi connectivity index (χ1v) is 12.4. The van der Waals surface area contributed by atoms with Gasteiger partial charge in [-0.25, -0.2) is 4.79 Å². The molecule has 0 saturated heterocycles. The first-order valence-electron chi connectivity index (χ1n) is 12.0. The number of aromatic nitrogens is 2. The number of carbonyl (C=O) groups is 3. The van der Waals surface area contributed by atoms with Gasteiger partial charge in [-0.1, -0.05) is 41.9 Å². The number of para-hydroxylation sites is 1. The molecule has 0 spiro atoms. The highest BCUT2D eigenvalue weighted by Gasteiger charge is 2.48. The first-order chi connectivity index (χ1) is 17.8. The number of esters is 1. The van der Waals surface area contributed by atoms with Crippen LogP contribution in [-0.2, 0) is 29.0 Å². The zero-order valence-corrected chi connectivity index (χ0v) is 21.7. The molecule has 37 heavy (non-hydrogen) atoms. The van der Waals surface area contributed by atoms with Crippen molar-refractivity contribution in [3.05, 3.63) is 82.1 Å². The first kappa shape index (κ1) is 26.2. The number of nitrogens with zero attached hydrogens (tertiary/aromatic N) is 3. The summed E-state index contributed by atoms with van der Waals surface area (Å²) in [5, 5.41) is 7.86. The van der Waals surface area contributed by atoms with Crippen LogP contribution in [0.1, 0.15) is 46.0 Å². The highest BCUT2D eigenvalue weighted by Crippen LogP contribution is 2.29. The van der Waals surface area contributed by atoms with Crippen LogP contribution in [0.2, 0.25) is 5.02 Å². The summed E-state index contributed by atoms with van der Waals surface area (Å²) in [7, 11) is 1.57. The molecule has 0 fully saturated rings. The Balaban J connectivity index is 1.63. The van der Waals surface area contributed by atoms with Gasteiger partial charge in [-0.2, -0.15) is 5.10 Å². The van der Waals surface area contributed by atoms with Crippen LogP contribution in [0.4, 0.5) is 0 Å². The van der Waals surface area contributed by atoms with Crippen molar-refractivity contribution in [1.29, 1.82) is 0 Å². The van der Waals surface area contributed by atoms with Crippen LogP contribution in [0, 0.1) is 0 Å². The molecule has 3 aromatic rings. The van der Waals surface area contributed by atoms with Gasteiger partial charge in [-0.3, -0.25) is 14.3 Å². The van der Waals surface area contributed by atoms with Crippen LogP contribution in [0.3, 0.4) is 0 Å². The van der Waals surface area contributed by atoms with E-state index >= 15 is 0 Å². The van der Waals surface area contributed by atoms with Gasteiger partial charge in [-0.05, 0) is 44.0 Å². The SMILES string of the molecule is CCOC(=O)c1cc2n(n1)C[C@@](C)(C(=O)NCc1ccccc1OC)N(CCc1ccc(Cl)cc1)C2=O. The van der Waals surface area contributed by atoms with Crippen LogP contribution in [0.5, 0.6) is 5.75 Å². The third-order valence-corrected chi connectivity index (χ3v) is 6.69. The van der Waals surface area contributed by atoms with Gasteiger partial charge in [0.25, 0.3) is 5.91 Å². The van der Waals surface area contributed by atoms with E-state index in [0.29, 0.717) is 17.2 Å². The molecular weight excluding hydrogens is 496 g/mol. The Morgan fingerprint density at radius 1 is 1.16 bits per heavy atom. The molecule has 1 aliphatic rings. The summed E-state index contributed by atoms with van der Waals surface area (Å²) in [6, 6.07) is 16.2. The second-order valence-electron chi connectivity index (χ2n) is 8.89.